The van der Waals surface area contributed by atoms with Crippen LogP contribution in [0.3, 0.4) is 0 Å². The minimum atomic E-state index is -1.45. The number of benzene rings is 2. The van der Waals surface area contributed by atoms with Gasteiger partial charge in [-0.05, 0) is 72.6 Å². The van der Waals surface area contributed by atoms with Crippen LogP contribution in [-0.4, -0.2) is 23.1 Å². The predicted octanol–water partition coefficient (Wildman–Crippen LogP) is 1.08. The third kappa shape index (κ3) is 6.16. The largest absolute Gasteiger partial charge is 1.00 e. The number of rotatable bonds is 6. The Hall–Kier alpha value is -0.650. The minimum Gasteiger partial charge on any atom is -0.546 e. The van der Waals surface area contributed by atoms with E-state index in [1.165, 1.54) is 29.9 Å². The van der Waals surface area contributed by atoms with Crippen LogP contribution in [0.5, 0.6) is 5.75 Å². The molecule has 3 nitrogen and oxygen atoms in total. The molecule has 1 aliphatic heterocycles. The number of carboxylic acids is 1. The molecular weight excluding hydrogens is 391 g/mol. The number of thioether (sulfide) groups is 1. The Balaban J connectivity index is 0.00000261. The quantitative estimate of drug-likeness (QED) is 0.666. The Morgan fingerprint density at radius 3 is 2.30 bits per heavy atom. The summed E-state index contributed by atoms with van der Waals surface area (Å²) in [5.74, 6) is 2.30. The maximum absolute atomic E-state index is 11.7. The van der Waals surface area contributed by atoms with E-state index in [-0.39, 0.29) is 36.0 Å². The van der Waals surface area contributed by atoms with E-state index in [2.05, 4.69) is 0 Å². The molecule has 1 saturated heterocycles. The van der Waals surface area contributed by atoms with Crippen LogP contribution in [0.1, 0.15) is 36.8 Å². The zero-order valence-electron chi connectivity index (χ0n) is 15.7. The Morgan fingerprint density at radius 1 is 1.15 bits per heavy atom. The molecule has 1 aliphatic rings. The van der Waals surface area contributed by atoms with Crippen LogP contribution in [0, 0.1) is 0 Å². The van der Waals surface area contributed by atoms with Crippen LogP contribution in [0.25, 0.3) is 0 Å². The van der Waals surface area contributed by atoms with Gasteiger partial charge in [-0.2, -0.15) is 11.8 Å². The van der Waals surface area contributed by atoms with E-state index in [1.54, 1.807) is 31.2 Å². The number of aliphatic carboxylic acids is 1. The summed E-state index contributed by atoms with van der Waals surface area (Å²) in [6.45, 7) is 1.54. The Morgan fingerprint density at radius 2 is 1.74 bits per heavy atom. The third-order valence-corrected chi connectivity index (χ3v) is 6.10. The molecule has 0 saturated carbocycles. The molecule has 6 heteroatoms. The number of hydrogen-bond donors (Lipinski definition) is 0. The van der Waals surface area contributed by atoms with Gasteiger partial charge in [0.2, 0.25) is 0 Å². The maximum Gasteiger partial charge on any atom is 1.00 e. The van der Waals surface area contributed by atoms with Gasteiger partial charge in [-0.25, -0.2) is 0 Å². The van der Waals surface area contributed by atoms with E-state index < -0.39 is 11.6 Å². The van der Waals surface area contributed by atoms with Crippen LogP contribution >= 0.6 is 23.4 Å². The van der Waals surface area contributed by atoms with Crippen LogP contribution in [0.15, 0.2) is 48.5 Å². The van der Waals surface area contributed by atoms with E-state index in [1.807, 2.05) is 36.0 Å². The normalized spacial score (nSPS) is 16.8. The van der Waals surface area contributed by atoms with Gasteiger partial charge in [-0.15, -0.1) is 0 Å². The second-order valence-electron chi connectivity index (χ2n) is 6.88. The molecule has 0 spiro atoms. The number of carbonyl (C=O) groups excluding carboxylic acids is 1. The predicted molar refractivity (Wildman–Crippen MR) is 105 cm³/mol. The molecule has 0 amide bonds. The fourth-order valence-electron chi connectivity index (χ4n) is 3.24. The minimum absolute atomic E-state index is 0. The van der Waals surface area contributed by atoms with Crippen LogP contribution in [0.2, 0.25) is 5.02 Å². The molecule has 1 unspecified atom stereocenters. The van der Waals surface area contributed by atoms with Gasteiger partial charge in [0.1, 0.15) is 11.4 Å². The summed E-state index contributed by atoms with van der Waals surface area (Å²) >= 11 is 7.90. The summed E-state index contributed by atoms with van der Waals surface area (Å²) in [5.41, 5.74) is 0.680. The van der Waals surface area contributed by atoms with Crippen LogP contribution in [0.4, 0.5) is 0 Å². The zero-order valence-corrected chi connectivity index (χ0v) is 19.3. The summed E-state index contributed by atoms with van der Waals surface area (Å²) in [6, 6.07) is 14.9. The van der Waals surface area contributed by atoms with Gasteiger partial charge < -0.3 is 14.6 Å². The maximum atomic E-state index is 11.7. The first kappa shape index (κ1) is 22.6. The summed E-state index contributed by atoms with van der Waals surface area (Å²) in [6.07, 6.45) is 2.59. The van der Waals surface area contributed by atoms with Crippen molar-refractivity contribution in [2.45, 2.75) is 37.7 Å². The zero-order chi connectivity index (χ0) is 18.6. The number of carboxylic acid groups (broad SMARTS) is 1. The van der Waals surface area contributed by atoms with Gasteiger partial charge in [-0.1, -0.05) is 35.9 Å². The summed E-state index contributed by atoms with van der Waals surface area (Å²) < 4.78 is 5.84. The van der Waals surface area contributed by atoms with E-state index in [9.17, 15) is 9.90 Å². The SMILES string of the molecule is CC(Cc1ccc(Cl)cc1)(Oc1ccc(C2CCSCC2)cc1)C(=O)[O-].[Na+]. The van der Waals surface area contributed by atoms with Crippen molar-refractivity contribution in [3.63, 3.8) is 0 Å². The molecule has 0 radical (unpaired) electrons. The Kier molecular flexibility index (Phi) is 8.57. The van der Waals surface area contributed by atoms with E-state index in [0.29, 0.717) is 16.7 Å². The van der Waals surface area contributed by atoms with Gasteiger partial charge >= 0.3 is 29.6 Å². The third-order valence-electron chi connectivity index (χ3n) is 4.80. The van der Waals surface area contributed by atoms with Crippen molar-refractivity contribution in [1.82, 2.24) is 0 Å². The van der Waals surface area contributed by atoms with Crippen molar-refractivity contribution in [3.8, 4) is 5.75 Å². The molecule has 2 aromatic carbocycles. The average molecular weight is 413 g/mol. The number of hydrogen-bond acceptors (Lipinski definition) is 4. The topological polar surface area (TPSA) is 49.4 Å². The van der Waals surface area contributed by atoms with E-state index >= 15 is 0 Å². The molecule has 0 N–H and O–H groups in total. The standard InChI is InChI=1S/C21H23ClO3S.Na/c1-21(20(23)24,14-15-2-6-18(22)7-3-15)25-19-8-4-16(5-9-19)17-10-12-26-13-11-17;/h2-9,17H,10-14H2,1H3,(H,23,24);/q;+1/p-1. The van der Waals surface area contributed by atoms with Crippen LogP contribution in [-0.2, 0) is 11.2 Å². The molecule has 1 heterocycles. The van der Waals surface area contributed by atoms with Crippen molar-refractivity contribution in [2.75, 3.05) is 11.5 Å². The number of halogens is 1. The first-order valence-electron chi connectivity index (χ1n) is 8.79. The molecule has 2 aromatic rings. The molecule has 3 rings (SSSR count). The smallest absolute Gasteiger partial charge is 0.546 e. The van der Waals surface area contributed by atoms with Crippen molar-refractivity contribution >= 4 is 29.3 Å². The second-order valence-corrected chi connectivity index (χ2v) is 8.54. The van der Waals surface area contributed by atoms with Crippen molar-refractivity contribution < 1.29 is 44.2 Å². The fraction of sp³-hybridized carbons (Fsp3) is 0.381. The van der Waals surface area contributed by atoms with Gasteiger partial charge in [0, 0.05) is 11.4 Å². The molecule has 1 atom stereocenters. The molecule has 0 aromatic heterocycles. The Bertz CT molecular complexity index is 745. The first-order valence-corrected chi connectivity index (χ1v) is 10.3. The molecule has 0 aliphatic carbocycles. The monoisotopic (exact) mass is 412 g/mol. The van der Waals surface area contributed by atoms with Gasteiger partial charge in [-0.3, -0.25) is 0 Å². The average Bonchev–Trinajstić information content (AvgIpc) is 2.65. The van der Waals surface area contributed by atoms with Crippen molar-refractivity contribution in [1.29, 1.82) is 0 Å². The molecule has 1 fully saturated rings. The van der Waals surface area contributed by atoms with E-state index in [0.717, 1.165) is 5.56 Å². The number of carbonyl (C=O) groups is 1. The summed E-state index contributed by atoms with van der Waals surface area (Å²) in [4.78, 5) is 11.7. The van der Waals surface area contributed by atoms with Gasteiger partial charge in [0.05, 0.1) is 5.97 Å². The van der Waals surface area contributed by atoms with Crippen LogP contribution < -0.4 is 39.4 Å². The summed E-state index contributed by atoms with van der Waals surface area (Å²) in [7, 11) is 0. The summed E-state index contributed by atoms with van der Waals surface area (Å²) in [5, 5.41) is 12.4. The van der Waals surface area contributed by atoms with E-state index in [4.69, 9.17) is 16.3 Å². The molecule has 138 valence electrons. The van der Waals surface area contributed by atoms with Crippen molar-refractivity contribution in [2.24, 2.45) is 0 Å². The molecule has 0 bridgehead atoms. The van der Waals surface area contributed by atoms with Gasteiger partial charge in [0.15, 0.2) is 0 Å². The first-order chi connectivity index (χ1) is 12.5. The fourth-order valence-corrected chi connectivity index (χ4v) is 4.47. The van der Waals surface area contributed by atoms with Crippen molar-refractivity contribution in [3.05, 3.63) is 64.7 Å². The Labute approximate surface area is 192 Å². The second kappa shape index (κ2) is 10.2. The number of ether oxygens (including phenoxy) is 1. The van der Waals surface area contributed by atoms with Gasteiger partial charge in [0.25, 0.3) is 0 Å². The molecule has 27 heavy (non-hydrogen) atoms. The molecular formula is C21H22ClNaO3S.